The fraction of sp³-hybridized carbons (Fsp3) is 0.889. The molecule has 126 valence electrons. The molecular formula is C18H32N2O2. The molecule has 2 aliphatic rings. The van der Waals surface area contributed by atoms with E-state index in [2.05, 4.69) is 17.1 Å². The summed E-state index contributed by atoms with van der Waals surface area (Å²) < 4.78 is 0. The lowest BCUT2D eigenvalue weighted by molar-refractivity contribution is -0.138. The Morgan fingerprint density at radius 1 is 1.00 bits per heavy atom. The lowest BCUT2D eigenvalue weighted by Gasteiger charge is -2.31. The fourth-order valence-electron chi connectivity index (χ4n) is 3.61. The van der Waals surface area contributed by atoms with Crippen LogP contribution in [0.5, 0.6) is 0 Å². The van der Waals surface area contributed by atoms with Crippen LogP contribution in [0, 0.1) is 11.8 Å². The molecule has 2 amide bonds. The zero-order valence-corrected chi connectivity index (χ0v) is 14.3. The van der Waals surface area contributed by atoms with Crippen LogP contribution in [0.15, 0.2) is 0 Å². The first-order valence-corrected chi connectivity index (χ1v) is 9.21. The molecule has 0 spiro atoms. The quantitative estimate of drug-likeness (QED) is 0.867. The molecule has 2 fully saturated rings. The summed E-state index contributed by atoms with van der Waals surface area (Å²) in [6.07, 6.45) is 9.28. The first kappa shape index (κ1) is 17.3. The minimum absolute atomic E-state index is 0.113. The van der Waals surface area contributed by atoms with E-state index in [0.29, 0.717) is 5.91 Å². The van der Waals surface area contributed by atoms with E-state index in [0.717, 1.165) is 58.0 Å². The van der Waals surface area contributed by atoms with Crippen molar-refractivity contribution in [3.05, 3.63) is 0 Å². The molecular weight excluding hydrogens is 276 g/mol. The van der Waals surface area contributed by atoms with E-state index in [4.69, 9.17) is 0 Å². The van der Waals surface area contributed by atoms with Gasteiger partial charge >= 0.3 is 0 Å². The minimum Gasteiger partial charge on any atom is -0.353 e. The average molecular weight is 308 g/mol. The van der Waals surface area contributed by atoms with E-state index >= 15 is 0 Å². The molecule has 2 rings (SSSR count). The maximum atomic E-state index is 12.6. The van der Waals surface area contributed by atoms with Crippen LogP contribution < -0.4 is 5.32 Å². The lowest BCUT2D eigenvalue weighted by atomic mass is 9.80. The van der Waals surface area contributed by atoms with Crippen molar-refractivity contribution in [2.24, 2.45) is 11.8 Å². The van der Waals surface area contributed by atoms with Gasteiger partial charge in [-0.25, -0.2) is 0 Å². The number of carbonyl (C=O) groups excluding carboxylic acids is 2. The van der Waals surface area contributed by atoms with Crippen LogP contribution in [-0.4, -0.2) is 35.8 Å². The predicted octanol–water partition coefficient (Wildman–Crippen LogP) is 3.11. The molecule has 1 N–H and O–H groups in total. The maximum Gasteiger partial charge on any atom is 0.225 e. The van der Waals surface area contributed by atoms with Crippen LogP contribution >= 0.6 is 0 Å². The molecule has 1 saturated heterocycles. The molecule has 22 heavy (non-hydrogen) atoms. The van der Waals surface area contributed by atoms with Gasteiger partial charge in [0.05, 0.1) is 0 Å². The Labute approximate surface area is 135 Å². The highest BCUT2D eigenvalue weighted by molar-refractivity contribution is 5.81. The molecule has 4 heteroatoms. The molecule has 1 aliphatic carbocycles. The number of rotatable bonds is 4. The lowest BCUT2D eigenvalue weighted by Crippen LogP contribution is -2.41. The van der Waals surface area contributed by atoms with Gasteiger partial charge in [0.2, 0.25) is 11.8 Å². The molecule has 1 atom stereocenters. The van der Waals surface area contributed by atoms with E-state index in [1.807, 2.05) is 6.92 Å². The number of nitrogens with one attached hydrogen (secondary N) is 1. The van der Waals surface area contributed by atoms with Gasteiger partial charge in [0.25, 0.3) is 0 Å². The summed E-state index contributed by atoms with van der Waals surface area (Å²) in [6, 6.07) is 0.254. The molecule has 0 aromatic heterocycles. The molecule has 0 bridgehead atoms. The van der Waals surface area contributed by atoms with E-state index in [9.17, 15) is 9.59 Å². The van der Waals surface area contributed by atoms with E-state index < -0.39 is 0 Å². The Morgan fingerprint density at radius 2 is 1.55 bits per heavy atom. The smallest absolute Gasteiger partial charge is 0.225 e. The van der Waals surface area contributed by atoms with Crippen molar-refractivity contribution in [2.75, 3.05) is 13.1 Å². The molecule has 1 heterocycles. The third-order valence-corrected chi connectivity index (χ3v) is 5.37. The Morgan fingerprint density at radius 3 is 2.09 bits per heavy atom. The van der Waals surface area contributed by atoms with Gasteiger partial charge in [0.1, 0.15) is 0 Å². The largest absolute Gasteiger partial charge is 0.353 e. The molecule has 1 unspecified atom stereocenters. The third kappa shape index (κ3) is 4.72. The minimum atomic E-state index is 0.113. The highest BCUT2D eigenvalue weighted by Gasteiger charge is 2.32. The second-order valence-corrected chi connectivity index (χ2v) is 7.11. The van der Waals surface area contributed by atoms with Gasteiger partial charge in [0.15, 0.2) is 0 Å². The molecule has 1 aliphatic heterocycles. The number of hydrogen-bond donors (Lipinski definition) is 1. The van der Waals surface area contributed by atoms with E-state index in [1.54, 1.807) is 0 Å². The molecule has 0 aromatic rings. The number of likely N-dealkylation sites (tertiary alicyclic amines) is 1. The van der Waals surface area contributed by atoms with E-state index in [1.165, 1.54) is 12.8 Å². The van der Waals surface area contributed by atoms with Crippen molar-refractivity contribution < 1.29 is 9.59 Å². The normalized spacial score (nSPS) is 27.8. The summed E-state index contributed by atoms with van der Waals surface area (Å²) in [5, 5.41) is 3.08. The molecule has 0 aromatic carbocycles. The fourth-order valence-corrected chi connectivity index (χ4v) is 3.61. The monoisotopic (exact) mass is 308 g/mol. The van der Waals surface area contributed by atoms with Gasteiger partial charge in [-0.2, -0.15) is 0 Å². The molecule has 1 saturated carbocycles. The first-order chi connectivity index (χ1) is 10.6. The summed E-state index contributed by atoms with van der Waals surface area (Å²) in [5.74, 6) is 0.811. The number of amides is 2. The van der Waals surface area contributed by atoms with Crippen molar-refractivity contribution in [1.29, 1.82) is 0 Å². The van der Waals surface area contributed by atoms with Crippen molar-refractivity contribution in [3.8, 4) is 0 Å². The van der Waals surface area contributed by atoms with Crippen LogP contribution in [-0.2, 0) is 9.59 Å². The Hall–Kier alpha value is -1.06. The van der Waals surface area contributed by atoms with Crippen molar-refractivity contribution >= 4 is 11.8 Å². The van der Waals surface area contributed by atoms with Gasteiger partial charge < -0.3 is 10.2 Å². The second kappa shape index (κ2) is 8.54. The molecule has 4 nitrogen and oxygen atoms in total. The third-order valence-electron chi connectivity index (χ3n) is 5.37. The van der Waals surface area contributed by atoms with Crippen molar-refractivity contribution in [2.45, 2.75) is 77.7 Å². The Bertz CT molecular complexity index is 367. The maximum absolute atomic E-state index is 12.6. The number of nitrogens with zero attached hydrogens (tertiary/aromatic N) is 1. The predicted molar refractivity (Wildman–Crippen MR) is 88.4 cm³/mol. The summed E-state index contributed by atoms with van der Waals surface area (Å²) in [6.45, 7) is 6.01. The van der Waals surface area contributed by atoms with Crippen molar-refractivity contribution in [3.63, 3.8) is 0 Å². The SMILES string of the molecule is CCC(C)NC(=O)C1CCC(C(=O)N2CCCCCC2)CC1. The van der Waals surface area contributed by atoms with Gasteiger partial charge in [-0.1, -0.05) is 19.8 Å². The summed E-state index contributed by atoms with van der Waals surface area (Å²) >= 11 is 0. The Kier molecular flexibility index (Phi) is 6.71. The van der Waals surface area contributed by atoms with E-state index in [-0.39, 0.29) is 23.8 Å². The number of carbonyl (C=O) groups is 2. The van der Waals surface area contributed by atoms with Crippen LogP contribution in [0.3, 0.4) is 0 Å². The standard InChI is InChI=1S/C18H32N2O2/c1-3-14(2)19-17(21)15-8-10-16(11-9-15)18(22)20-12-6-4-5-7-13-20/h14-16H,3-13H2,1-2H3,(H,19,21). The van der Waals surface area contributed by atoms with Gasteiger partial charge in [-0.15, -0.1) is 0 Å². The van der Waals surface area contributed by atoms with Crippen LogP contribution in [0.2, 0.25) is 0 Å². The van der Waals surface area contributed by atoms with Crippen LogP contribution in [0.1, 0.15) is 71.6 Å². The summed E-state index contributed by atoms with van der Waals surface area (Å²) in [5.41, 5.74) is 0. The first-order valence-electron chi connectivity index (χ1n) is 9.21. The molecule has 0 radical (unpaired) electrons. The summed E-state index contributed by atoms with van der Waals surface area (Å²) in [7, 11) is 0. The van der Waals surface area contributed by atoms with Crippen molar-refractivity contribution in [1.82, 2.24) is 10.2 Å². The zero-order valence-electron chi connectivity index (χ0n) is 14.3. The number of hydrogen-bond acceptors (Lipinski definition) is 2. The van der Waals surface area contributed by atoms with Gasteiger partial charge in [-0.05, 0) is 51.9 Å². The van der Waals surface area contributed by atoms with Crippen LogP contribution in [0.25, 0.3) is 0 Å². The summed E-state index contributed by atoms with van der Waals surface area (Å²) in [4.78, 5) is 26.9. The topological polar surface area (TPSA) is 49.4 Å². The highest BCUT2D eigenvalue weighted by atomic mass is 16.2. The average Bonchev–Trinajstić information content (AvgIpc) is 2.83. The second-order valence-electron chi connectivity index (χ2n) is 7.11. The van der Waals surface area contributed by atoms with Gasteiger partial charge in [-0.3, -0.25) is 9.59 Å². The highest BCUT2D eigenvalue weighted by Crippen LogP contribution is 2.31. The van der Waals surface area contributed by atoms with Crippen LogP contribution in [0.4, 0.5) is 0 Å². The van der Waals surface area contributed by atoms with Gasteiger partial charge in [0, 0.05) is 31.0 Å². The Balaban J connectivity index is 1.78. The zero-order chi connectivity index (χ0) is 15.9.